The molecule has 5 rings (SSSR count). The zero-order valence-corrected chi connectivity index (χ0v) is 33.0. The molecule has 0 fully saturated rings. The number of nitrogens with two attached hydrogens (primary N) is 2. The van der Waals surface area contributed by atoms with E-state index in [0.29, 0.717) is 45.4 Å². The van der Waals surface area contributed by atoms with E-state index in [4.69, 9.17) is 62.6 Å². The first kappa shape index (κ1) is 51.1. The van der Waals surface area contributed by atoms with Gasteiger partial charge in [0.25, 0.3) is 5.91 Å². The third-order valence-electron chi connectivity index (χ3n) is 7.48. The molecule has 0 bridgehead atoms. The largest absolute Gasteiger partial charge is 0.493 e. The number of nitrogen functional groups attached to an aromatic ring is 2. The van der Waals surface area contributed by atoms with Crippen molar-refractivity contribution < 1.29 is 78.7 Å². The van der Waals surface area contributed by atoms with Crippen LogP contribution in [0.25, 0.3) is 33.4 Å². The first-order valence-corrected chi connectivity index (χ1v) is 16.9. The molecule has 1 aromatic carbocycles. The van der Waals surface area contributed by atoms with Crippen LogP contribution in [0.15, 0.2) is 43.1 Å². The van der Waals surface area contributed by atoms with Gasteiger partial charge in [0, 0.05) is 60.0 Å². The maximum Gasteiger partial charge on any atom is 0.490 e. The standard InChI is InChI=1S/C28H29ClN10O2.3C2HF3O2/c1-6-41-24-18(9-19(29)14(2)21(24)16-7-8-20(32-10-16)27(40)38(4)5)15(3)39-26-22(25(30)35-13-36-26)23(37-39)17-11-33-28(31)34-12-17;3*3-2(4,5)1(6)7/h7-13,15H,6H2,1-5H3,(H2,30,35,36)(H2,31,33,34);3*(H,6,7). The van der Waals surface area contributed by atoms with Crippen LogP contribution in [0.4, 0.5) is 51.3 Å². The number of hydrogen-bond acceptors (Lipinski definition) is 13. The number of benzene rings is 1. The molecule has 0 saturated heterocycles. The van der Waals surface area contributed by atoms with Gasteiger partial charge in [-0.1, -0.05) is 17.7 Å². The minimum atomic E-state index is -5.08. The number of carbonyl (C=O) groups excluding carboxylic acids is 1. The van der Waals surface area contributed by atoms with E-state index in [1.54, 1.807) is 43.4 Å². The fraction of sp³-hybridized carbons (Fsp3) is 0.294. The predicted molar refractivity (Wildman–Crippen MR) is 199 cm³/mol. The van der Waals surface area contributed by atoms with Gasteiger partial charge in [-0.15, -0.1) is 0 Å². The fourth-order valence-electron chi connectivity index (χ4n) is 4.66. The number of hydrogen-bond donors (Lipinski definition) is 5. The molecule has 4 aromatic heterocycles. The molecule has 1 atom stereocenters. The van der Waals surface area contributed by atoms with Crippen LogP contribution in [0.1, 0.15) is 41.5 Å². The van der Waals surface area contributed by atoms with E-state index in [2.05, 4.69) is 24.9 Å². The van der Waals surface area contributed by atoms with Crippen LogP contribution in [-0.4, -0.2) is 118 Å². The van der Waals surface area contributed by atoms with Gasteiger partial charge in [-0.2, -0.15) is 44.6 Å². The Labute approximate surface area is 346 Å². The first-order valence-electron chi connectivity index (χ1n) is 16.6. The van der Waals surface area contributed by atoms with Gasteiger partial charge in [-0.3, -0.25) is 9.78 Å². The Morgan fingerprint density at radius 3 is 1.73 bits per heavy atom. The summed E-state index contributed by atoms with van der Waals surface area (Å²) in [6.07, 6.45) is -9.04. The molecule has 28 heteroatoms. The quantitative estimate of drug-likeness (QED) is 0.116. The van der Waals surface area contributed by atoms with Crippen LogP contribution in [0.2, 0.25) is 5.02 Å². The van der Waals surface area contributed by atoms with Gasteiger partial charge in [-0.25, -0.2) is 39.0 Å². The zero-order chi connectivity index (χ0) is 47.7. The molecule has 0 saturated carbocycles. The van der Waals surface area contributed by atoms with E-state index in [1.807, 2.05) is 32.9 Å². The number of nitrogens with zero attached hydrogens (tertiary/aromatic N) is 8. The van der Waals surface area contributed by atoms with Crippen molar-refractivity contribution in [1.82, 2.24) is 39.6 Å². The monoisotopic (exact) mass is 914 g/mol. The highest BCUT2D eigenvalue weighted by Gasteiger charge is 2.39. The van der Waals surface area contributed by atoms with Crippen molar-refractivity contribution in [2.45, 2.75) is 45.3 Å². The van der Waals surface area contributed by atoms with Gasteiger partial charge in [0.05, 0.1) is 18.0 Å². The summed E-state index contributed by atoms with van der Waals surface area (Å²) in [5, 5.41) is 27.4. The van der Waals surface area contributed by atoms with Crippen molar-refractivity contribution in [3.63, 3.8) is 0 Å². The van der Waals surface area contributed by atoms with Crippen molar-refractivity contribution in [1.29, 1.82) is 0 Å². The molecular weight excluding hydrogens is 883 g/mol. The number of amides is 1. The minimum absolute atomic E-state index is 0.145. The number of aromatic nitrogens is 7. The number of alkyl halides is 9. The Hall–Kier alpha value is -7.06. The molecule has 62 heavy (non-hydrogen) atoms. The first-order chi connectivity index (χ1) is 28.4. The van der Waals surface area contributed by atoms with Gasteiger partial charge in [0.2, 0.25) is 5.95 Å². The molecule has 5 aromatic rings. The second-order valence-electron chi connectivity index (χ2n) is 12.0. The molecule has 0 aliphatic carbocycles. The Morgan fingerprint density at radius 2 is 1.31 bits per heavy atom. The molecule has 336 valence electrons. The number of fused-ring (bicyclic) bond motifs is 1. The summed E-state index contributed by atoms with van der Waals surface area (Å²) in [7, 11) is 3.37. The highest BCUT2D eigenvalue weighted by molar-refractivity contribution is 6.32. The Balaban J connectivity index is 0.000000519. The van der Waals surface area contributed by atoms with E-state index in [0.717, 1.165) is 22.3 Å². The van der Waals surface area contributed by atoms with E-state index < -0.39 is 42.5 Å². The van der Waals surface area contributed by atoms with E-state index in [9.17, 15) is 44.3 Å². The lowest BCUT2D eigenvalue weighted by atomic mass is 9.94. The maximum atomic E-state index is 12.4. The second kappa shape index (κ2) is 20.5. The third kappa shape index (κ3) is 13.2. The van der Waals surface area contributed by atoms with Crippen LogP contribution in [-0.2, 0) is 14.4 Å². The SMILES string of the molecule is CCOc1c(C(C)n2nc(-c3cnc(N)nc3)c3c(N)ncnc32)cc(Cl)c(C)c1-c1ccc(C(=O)N(C)C)nc1.O=C(O)C(F)(F)F.O=C(O)C(F)(F)F.O=C(O)C(F)(F)F. The lowest BCUT2D eigenvalue weighted by molar-refractivity contribution is -0.193. The number of carbonyl (C=O) groups is 4. The highest BCUT2D eigenvalue weighted by Crippen LogP contribution is 2.44. The normalized spacial score (nSPS) is 11.7. The molecular formula is C34H32ClF9N10O8. The van der Waals surface area contributed by atoms with Crippen molar-refractivity contribution in [2.24, 2.45) is 0 Å². The summed E-state index contributed by atoms with van der Waals surface area (Å²) in [6.45, 7) is 6.21. The molecule has 0 aliphatic heterocycles. The van der Waals surface area contributed by atoms with Crippen LogP contribution < -0.4 is 16.2 Å². The van der Waals surface area contributed by atoms with Crippen LogP contribution in [0, 0.1) is 6.92 Å². The summed E-state index contributed by atoms with van der Waals surface area (Å²) >= 11 is 6.81. The number of aliphatic carboxylic acids is 3. The minimum Gasteiger partial charge on any atom is -0.493 e. The molecule has 0 radical (unpaired) electrons. The van der Waals surface area contributed by atoms with Crippen molar-refractivity contribution >= 4 is 58.2 Å². The number of carboxylic acids is 3. The summed E-state index contributed by atoms with van der Waals surface area (Å²) in [5.41, 5.74) is 17.1. The Morgan fingerprint density at radius 1 is 0.823 bits per heavy atom. The number of carboxylic acid groups (broad SMARTS) is 3. The Kier molecular flexibility index (Phi) is 16.9. The van der Waals surface area contributed by atoms with E-state index in [-0.39, 0.29) is 17.7 Å². The molecule has 0 spiro atoms. The lowest BCUT2D eigenvalue weighted by Crippen LogP contribution is -2.22. The number of pyridine rings is 1. The molecule has 4 heterocycles. The summed E-state index contributed by atoms with van der Waals surface area (Å²) < 4.78 is 103. The van der Waals surface area contributed by atoms with Crippen molar-refractivity contribution in [3.05, 3.63) is 65.0 Å². The van der Waals surface area contributed by atoms with Crippen LogP contribution >= 0.6 is 11.6 Å². The van der Waals surface area contributed by atoms with Crippen molar-refractivity contribution in [3.8, 4) is 28.1 Å². The fourth-order valence-corrected chi connectivity index (χ4v) is 4.87. The smallest absolute Gasteiger partial charge is 0.490 e. The summed E-state index contributed by atoms with van der Waals surface area (Å²) in [5.74, 6) is -7.42. The van der Waals surface area contributed by atoms with Crippen LogP contribution in [0.3, 0.4) is 0 Å². The molecule has 7 N–H and O–H groups in total. The zero-order valence-electron chi connectivity index (χ0n) is 32.2. The average Bonchev–Trinajstić information content (AvgIpc) is 3.57. The maximum absolute atomic E-state index is 12.4. The number of rotatable bonds is 7. The Bertz CT molecular complexity index is 2340. The van der Waals surface area contributed by atoms with E-state index >= 15 is 0 Å². The highest BCUT2D eigenvalue weighted by atomic mass is 35.5. The average molecular weight is 915 g/mol. The van der Waals surface area contributed by atoms with Crippen LogP contribution in [0.5, 0.6) is 5.75 Å². The van der Waals surface area contributed by atoms with Gasteiger partial charge in [0.15, 0.2) is 5.65 Å². The summed E-state index contributed by atoms with van der Waals surface area (Å²) in [4.78, 5) is 61.9. The van der Waals surface area contributed by atoms with Gasteiger partial charge >= 0.3 is 36.4 Å². The van der Waals surface area contributed by atoms with Gasteiger partial charge in [0.1, 0.15) is 29.3 Å². The molecule has 1 amide bonds. The number of anilines is 2. The number of halogens is 10. The van der Waals surface area contributed by atoms with Gasteiger partial charge < -0.3 is 36.4 Å². The molecule has 1 unspecified atom stereocenters. The topological polar surface area (TPSA) is 276 Å². The lowest BCUT2D eigenvalue weighted by Gasteiger charge is -2.23. The number of ether oxygens (including phenoxy) is 1. The third-order valence-corrected chi connectivity index (χ3v) is 7.87. The predicted octanol–water partition coefficient (Wildman–Crippen LogP) is 6.08. The van der Waals surface area contributed by atoms with Gasteiger partial charge in [-0.05, 0) is 38.5 Å². The second-order valence-corrected chi connectivity index (χ2v) is 12.4. The van der Waals surface area contributed by atoms with E-state index in [1.165, 1.54) is 11.2 Å². The molecule has 0 aliphatic rings. The van der Waals surface area contributed by atoms with Crippen molar-refractivity contribution in [2.75, 3.05) is 32.2 Å². The molecule has 18 nitrogen and oxygen atoms in total. The summed E-state index contributed by atoms with van der Waals surface area (Å²) in [6, 6.07) is 5.00.